The van der Waals surface area contributed by atoms with E-state index in [0.717, 1.165) is 13.0 Å². The fourth-order valence-electron chi connectivity index (χ4n) is 2.45. The molecule has 2 N–H and O–H groups in total. The van der Waals surface area contributed by atoms with Crippen molar-refractivity contribution in [2.75, 3.05) is 6.54 Å². The molecule has 1 heteroatoms. The highest BCUT2D eigenvalue weighted by Crippen LogP contribution is 2.40. The molecule has 0 bridgehead atoms. The minimum atomic E-state index is 0.353. The highest BCUT2D eigenvalue weighted by molar-refractivity contribution is 5.38. The van der Waals surface area contributed by atoms with Crippen molar-refractivity contribution in [1.82, 2.24) is 0 Å². The lowest BCUT2D eigenvalue weighted by Crippen LogP contribution is -2.22. The van der Waals surface area contributed by atoms with Crippen molar-refractivity contribution < 1.29 is 0 Å². The maximum atomic E-state index is 5.65. The summed E-state index contributed by atoms with van der Waals surface area (Å²) in [5, 5.41) is 0. The van der Waals surface area contributed by atoms with E-state index in [9.17, 15) is 0 Å². The maximum Gasteiger partial charge on any atom is -0.00574 e. The van der Waals surface area contributed by atoms with Gasteiger partial charge in [-0.1, -0.05) is 31.2 Å². The summed E-state index contributed by atoms with van der Waals surface area (Å²) in [7, 11) is 0. The lowest BCUT2D eigenvalue weighted by Gasteiger charge is -2.24. The van der Waals surface area contributed by atoms with E-state index in [4.69, 9.17) is 5.73 Å². The molecule has 1 aliphatic carbocycles. The standard InChI is InChI=1S/C12H17N/c1-12(8-9-13)7-6-10-4-2-3-5-11(10)12/h2-5H,6-9,13H2,1H3. The molecule has 1 aromatic rings. The molecule has 13 heavy (non-hydrogen) atoms. The normalized spacial score (nSPS) is 26.0. The first-order chi connectivity index (χ1) is 6.26. The second-order valence-corrected chi connectivity index (χ2v) is 4.26. The zero-order valence-corrected chi connectivity index (χ0v) is 8.22. The summed E-state index contributed by atoms with van der Waals surface area (Å²) >= 11 is 0. The molecule has 1 unspecified atom stereocenters. The molecule has 0 spiro atoms. The van der Waals surface area contributed by atoms with Crippen molar-refractivity contribution in [2.45, 2.75) is 31.6 Å². The monoisotopic (exact) mass is 175 g/mol. The van der Waals surface area contributed by atoms with Crippen LogP contribution in [0.15, 0.2) is 24.3 Å². The zero-order valence-electron chi connectivity index (χ0n) is 8.22. The average Bonchev–Trinajstić information content (AvgIpc) is 2.46. The van der Waals surface area contributed by atoms with Crippen molar-refractivity contribution in [1.29, 1.82) is 0 Å². The molecule has 0 aromatic heterocycles. The second-order valence-electron chi connectivity index (χ2n) is 4.26. The Morgan fingerprint density at radius 3 is 2.92 bits per heavy atom. The lowest BCUT2D eigenvalue weighted by molar-refractivity contribution is 0.438. The Kier molecular flexibility index (Phi) is 2.12. The number of hydrogen-bond acceptors (Lipinski definition) is 1. The van der Waals surface area contributed by atoms with Gasteiger partial charge in [0.05, 0.1) is 0 Å². The van der Waals surface area contributed by atoms with E-state index >= 15 is 0 Å². The third kappa shape index (κ3) is 1.37. The van der Waals surface area contributed by atoms with E-state index in [-0.39, 0.29) is 0 Å². The van der Waals surface area contributed by atoms with Crippen molar-refractivity contribution in [3.63, 3.8) is 0 Å². The molecule has 1 nitrogen and oxygen atoms in total. The van der Waals surface area contributed by atoms with Gasteiger partial charge in [0.1, 0.15) is 0 Å². The third-order valence-corrected chi connectivity index (χ3v) is 3.31. The molecule has 0 aliphatic heterocycles. The molecular weight excluding hydrogens is 158 g/mol. The molecule has 0 heterocycles. The van der Waals surface area contributed by atoms with Crippen molar-refractivity contribution >= 4 is 0 Å². The van der Waals surface area contributed by atoms with Gasteiger partial charge in [0.25, 0.3) is 0 Å². The zero-order chi connectivity index (χ0) is 9.31. The Labute approximate surface area is 80.0 Å². The summed E-state index contributed by atoms with van der Waals surface area (Å²) in [5.41, 5.74) is 9.06. The average molecular weight is 175 g/mol. The first-order valence-corrected chi connectivity index (χ1v) is 5.05. The number of nitrogens with two attached hydrogens (primary N) is 1. The number of aryl methyl sites for hydroxylation is 1. The molecule has 0 saturated carbocycles. The third-order valence-electron chi connectivity index (χ3n) is 3.31. The van der Waals surface area contributed by atoms with Crippen LogP contribution < -0.4 is 5.73 Å². The fourth-order valence-corrected chi connectivity index (χ4v) is 2.45. The molecule has 0 amide bonds. The van der Waals surface area contributed by atoms with Crippen LogP contribution in [0.4, 0.5) is 0 Å². The van der Waals surface area contributed by atoms with Gasteiger partial charge < -0.3 is 5.73 Å². The number of hydrogen-bond donors (Lipinski definition) is 1. The second kappa shape index (κ2) is 3.15. The molecular formula is C12H17N. The van der Waals surface area contributed by atoms with E-state index in [1.165, 1.54) is 24.0 Å². The minimum absolute atomic E-state index is 0.353. The van der Waals surface area contributed by atoms with Crippen LogP contribution in [0.1, 0.15) is 30.9 Å². The van der Waals surface area contributed by atoms with Gasteiger partial charge in [0, 0.05) is 0 Å². The largest absolute Gasteiger partial charge is 0.330 e. The fraction of sp³-hybridized carbons (Fsp3) is 0.500. The van der Waals surface area contributed by atoms with Crippen LogP contribution in [0, 0.1) is 0 Å². The topological polar surface area (TPSA) is 26.0 Å². The summed E-state index contributed by atoms with van der Waals surface area (Å²) in [6.07, 6.45) is 3.61. The summed E-state index contributed by atoms with van der Waals surface area (Å²) in [5.74, 6) is 0. The van der Waals surface area contributed by atoms with Gasteiger partial charge in [-0.3, -0.25) is 0 Å². The molecule has 1 aliphatic rings. The van der Waals surface area contributed by atoms with Crippen LogP contribution in [0.3, 0.4) is 0 Å². The summed E-state index contributed by atoms with van der Waals surface area (Å²) in [6.45, 7) is 3.14. The predicted octanol–water partition coefficient (Wildman–Crippen LogP) is 2.24. The van der Waals surface area contributed by atoms with Gasteiger partial charge in [0.15, 0.2) is 0 Å². The molecule has 1 atom stereocenters. The summed E-state index contributed by atoms with van der Waals surface area (Å²) < 4.78 is 0. The van der Waals surface area contributed by atoms with E-state index in [1.54, 1.807) is 0 Å². The molecule has 0 radical (unpaired) electrons. The molecule has 1 aromatic carbocycles. The number of rotatable bonds is 2. The molecule has 2 rings (SSSR count). The van der Waals surface area contributed by atoms with Gasteiger partial charge in [-0.25, -0.2) is 0 Å². The molecule has 0 fully saturated rings. The van der Waals surface area contributed by atoms with Crippen LogP contribution in [0.2, 0.25) is 0 Å². The van der Waals surface area contributed by atoms with Crippen LogP contribution >= 0.6 is 0 Å². The lowest BCUT2D eigenvalue weighted by atomic mass is 9.81. The Morgan fingerprint density at radius 2 is 2.15 bits per heavy atom. The van der Waals surface area contributed by atoms with E-state index in [0.29, 0.717) is 5.41 Å². The Balaban J connectivity index is 2.37. The first-order valence-electron chi connectivity index (χ1n) is 5.05. The molecule has 0 saturated heterocycles. The first kappa shape index (κ1) is 8.76. The van der Waals surface area contributed by atoms with Crippen LogP contribution in [-0.2, 0) is 11.8 Å². The van der Waals surface area contributed by atoms with E-state index in [1.807, 2.05) is 0 Å². The van der Waals surface area contributed by atoms with Crippen LogP contribution in [0.5, 0.6) is 0 Å². The maximum absolute atomic E-state index is 5.65. The quantitative estimate of drug-likeness (QED) is 0.733. The Morgan fingerprint density at radius 1 is 1.38 bits per heavy atom. The van der Waals surface area contributed by atoms with Gasteiger partial charge >= 0.3 is 0 Å². The number of benzene rings is 1. The highest BCUT2D eigenvalue weighted by Gasteiger charge is 2.32. The van der Waals surface area contributed by atoms with Crippen LogP contribution in [-0.4, -0.2) is 6.54 Å². The van der Waals surface area contributed by atoms with Crippen molar-refractivity contribution in [3.05, 3.63) is 35.4 Å². The summed E-state index contributed by atoms with van der Waals surface area (Å²) in [4.78, 5) is 0. The Hall–Kier alpha value is -0.820. The molecule has 70 valence electrons. The van der Waals surface area contributed by atoms with Crippen molar-refractivity contribution in [3.8, 4) is 0 Å². The Bertz CT molecular complexity index is 302. The van der Waals surface area contributed by atoms with Crippen LogP contribution in [0.25, 0.3) is 0 Å². The van der Waals surface area contributed by atoms with Crippen molar-refractivity contribution in [2.24, 2.45) is 5.73 Å². The van der Waals surface area contributed by atoms with Gasteiger partial charge in [-0.2, -0.15) is 0 Å². The predicted molar refractivity (Wildman–Crippen MR) is 55.8 cm³/mol. The van der Waals surface area contributed by atoms with Gasteiger partial charge in [-0.15, -0.1) is 0 Å². The smallest absolute Gasteiger partial charge is 0.00574 e. The summed E-state index contributed by atoms with van der Waals surface area (Å²) in [6, 6.07) is 8.78. The van der Waals surface area contributed by atoms with Gasteiger partial charge in [0.2, 0.25) is 0 Å². The van der Waals surface area contributed by atoms with Gasteiger partial charge in [-0.05, 0) is 42.3 Å². The minimum Gasteiger partial charge on any atom is -0.330 e. The van der Waals surface area contributed by atoms with E-state index < -0.39 is 0 Å². The number of fused-ring (bicyclic) bond motifs is 1. The SMILES string of the molecule is CC1(CCN)CCc2ccccc21. The highest BCUT2D eigenvalue weighted by atomic mass is 14.5. The van der Waals surface area contributed by atoms with E-state index in [2.05, 4.69) is 31.2 Å².